The monoisotopic (exact) mass is 275 g/mol. The van der Waals surface area contributed by atoms with Crippen molar-refractivity contribution in [3.63, 3.8) is 0 Å². The molecule has 2 rings (SSSR count). The van der Waals surface area contributed by atoms with Crippen molar-refractivity contribution in [3.05, 3.63) is 35.4 Å². The fourth-order valence-electron chi connectivity index (χ4n) is 2.53. The zero-order chi connectivity index (χ0) is 14.5. The molecule has 1 aliphatic rings. The van der Waals surface area contributed by atoms with Crippen molar-refractivity contribution in [1.29, 1.82) is 0 Å². The molecule has 0 aliphatic carbocycles. The highest BCUT2D eigenvalue weighted by Crippen LogP contribution is 2.11. The quantitative estimate of drug-likeness (QED) is 0.902. The molecule has 0 radical (unpaired) electrons. The number of nitrogens with zero attached hydrogens (tertiary/aromatic N) is 2. The summed E-state index contributed by atoms with van der Waals surface area (Å²) in [6.45, 7) is 9.47. The van der Waals surface area contributed by atoms with Crippen LogP contribution in [0.25, 0.3) is 0 Å². The number of benzene rings is 1. The Hall–Kier alpha value is -1.39. The summed E-state index contributed by atoms with van der Waals surface area (Å²) in [5, 5.41) is 0. The number of rotatable bonds is 4. The summed E-state index contributed by atoms with van der Waals surface area (Å²) in [6.07, 6.45) is 0. The van der Waals surface area contributed by atoms with E-state index in [9.17, 15) is 4.79 Å². The predicted molar refractivity (Wildman–Crippen MR) is 81.7 cm³/mol. The first-order valence-electron chi connectivity index (χ1n) is 7.38. The lowest BCUT2D eigenvalue weighted by atomic mass is 10.1. The van der Waals surface area contributed by atoms with Crippen LogP contribution >= 0.6 is 0 Å². The van der Waals surface area contributed by atoms with Crippen molar-refractivity contribution < 1.29 is 4.79 Å². The molecule has 0 spiro atoms. The van der Waals surface area contributed by atoms with Gasteiger partial charge in [0.15, 0.2) is 0 Å². The average molecular weight is 275 g/mol. The topological polar surface area (TPSA) is 49.6 Å². The van der Waals surface area contributed by atoms with E-state index in [4.69, 9.17) is 5.73 Å². The summed E-state index contributed by atoms with van der Waals surface area (Å²) in [5.41, 5.74) is 7.64. The van der Waals surface area contributed by atoms with Crippen molar-refractivity contribution in [1.82, 2.24) is 9.80 Å². The van der Waals surface area contributed by atoms with Crippen molar-refractivity contribution in [2.45, 2.75) is 13.8 Å². The Morgan fingerprint density at radius 2 is 1.80 bits per heavy atom. The Kier molecular flexibility index (Phi) is 5.15. The number of piperazine rings is 1. The Morgan fingerprint density at radius 1 is 1.20 bits per heavy atom. The van der Waals surface area contributed by atoms with E-state index in [0.29, 0.717) is 5.92 Å². The lowest BCUT2D eigenvalue weighted by molar-refractivity contribution is 0.0622. The molecule has 1 aromatic rings. The molecule has 1 fully saturated rings. The molecule has 1 heterocycles. The highest BCUT2D eigenvalue weighted by molar-refractivity contribution is 5.94. The first-order chi connectivity index (χ1) is 9.60. The smallest absolute Gasteiger partial charge is 0.253 e. The van der Waals surface area contributed by atoms with Gasteiger partial charge in [-0.3, -0.25) is 9.69 Å². The second kappa shape index (κ2) is 6.86. The minimum Gasteiger partial charge on any atom is -0.336 e. The van der Waals surface area contributed by atoms with Crippen LogP contribution < -0.4 is 5.73 Å². The van der Waals surface area contributed by atoms with Crippen molar-refractivity contribution in [2.75, 3.05) is 39.3 Å². The van der Waals surface area contributed by atoms with Crippen LogP contribution in [0.5, 0.6) is 0 Å². The van der Waals surface area contributed by atoms with Crippen molar-refractivity contribution in [2.24, 2.45) is 11.7 Å². The summed E-state index contributed by atoms with van der Waals surface area (Å²) in [4.78, 5) is 16.7. The summed E-state index contributed by atoms with van der Waals surface area (Å²) in [6, 6.07) is 7.82. The second-order valence-electron chi connectivity index (χ2n) is 5.80. The normalized spacial score (nSPS) is 18.1. The molecule has 1 aliphatic heterocycles. The van der Waals surface area contributed by atoms with Gasteiger partial charge in [0.05, 0.1) is 0 Å². The van der Waals surface area contributed by atoms with Crippen LogP contribution in [-0.2, 0) is 0 Å². The number of carbonyl (C=O) groups excluding carboxylic acids is 1. The van der Waals surface area contributed by atoms with Gasteiger partial charge in [-0.15, -0.1) is 0 Å². The van der Waals surface area contributed by atoms with Crippen molar-refractivity contribution in [3.8, 4) is 0 Å². The lowest BCUT2D eigenvalue weighted by Gasteiger charge is -2.35. The molecule has 0 aromatic heterocycles. The largest absolute Gasteiger partial charge is 0.336 e. The van der Waals surface area contributed by atoms with E-state index >= 15 is 0 Å². The summed E-state index contributed by atoms with van der Waals surface area (Å²) in [7, 11) is 0. The highest BCUT2D eigenvalue weighted by atomic mass is 16.2. The maximum Gasteiger partial charge on any atom is 0.253 e. The van der Waals surface area contributed by atoms with Crippen LogP contribution in [-0.4, -0.2) is 55.0 Å². The van der Waals surface area contributed by atoms with Gasteiger partial charge in [-0.25, -0.2) is 0 Å². The van der Waals surface area contributed by atoms with Gasteiger partial charge in [-0.1, -0.05) is 24.6 Å². The van der Waals surface area contributed by atoms with Crippen LogP contribution in [0, 0.1) is 12.8 Å². The van der Waals surface area contributed by atoms with Gasteiger partial charge in [0.25, 0.3) is 5.91 Å². The van der Waals surface area contributed by atoms with E-state index in [1.54, 1.807) is 0 Å². The molecule has 1 unspecified atom stereocenters. The van der Waals surface area contributed by atoms with E-state index in [1.165, 1.54) is 5.56 Å². The maximum atomic E-state index is 12.4. The third-order valence-corrected chi connectivity index (χ3v) is 3.93. The molecule has 20 heavy (non-hydrogen) atoms. The number of aryl methyl sites for hydroxylation is 1. The van der Waals surface area contributed by atoms with Gasteiger partial charge in [0, 0.05) is 38.3 Å². The molecule has 0 bridgehead atoms. The molecule has 4 nitrogen and oxygen atoms in total. The van der Waals surface area contributed by atoms with Crippen molar-refractivity contribution >= 4 is 5.91 Å². The number of amides is 1. The van der Waals surface area contributed by atoms with Crippen LogP contribution in [0.1, 0.15) is 22.8 Å². The van der Waals surface area contributed by atoms with Gasteiger partial charge in [-0.05, 0) is 31.5 Å². The van der Waals surface area contributed by atoms with Crippen LogP contribution in [0.15, 0.2) is 24.3 Å². The predicted octanol–water partition coefficient (Wildman–Crippen LogP) is 1.35. The molecule has 110 valence electrons. The first kappa shape index (κ1) is 15.0. The molecular formula is C16H25N3O. The van der Waals surface area contributed by atoms with E-state index < -0.39 is 0 Å². The SMILES string of the molecule is Cc1ccc(C(=O)N2CCN(CC(C)CN)CC2)cc1. The molecule has 4 heteroatoms. The molecule has 2 N–H and O–H groups in total. The lowest BCUT2D eigenvalue weighted by Crippen LogP contribution is -2.50. The van der Waals surface area contributed by atoms with E-state index in [0.717, 1.165) is 44.8 Å². The molecule has 1 atom stereocenters. The summed E-state index contributed by atoms with van der Waals surface area (Å²) >= 11 is 0. The molecule has 1 aromatic carbocycles. The van der Waals surface area contributed by atoms with Crippen LogP contribution in [0.4, 0.5) is 0 Å². The van der Waals surface area contributed by atoms with Gasteiger partial charge >= 0.3 is 0 Å². The van der Waals surface area contributed by atoms with E-state index in [-0.39, 0.29) is 5.91 Å². The summed E-state index contributed by atoms with van der Waals surface area (Å²) < 4.78 is 0. The van der Waals surface area contributed by atoms with Crippen LogP contribution in [0.2, 0.25) is 0 Å². The summed E-state index contributed by atoms with van der Waals surface area (Å²) in [5.74, 6) is 0.672. The van der Waals surface area contributed by atoms with Gasteiger partial charge in [-0.2, -0.15) is 0 Å². The number of nitrogens with two attached hydrogens (primary N) is 1. The third-order valence-electron chi connectivity index (χ3n) is 3.93. The Bertz CT molecular complexity index is 436. The first-order valence-corrected chi connectivity index (χ1v) is 7.38. The maximum absolute atomic E-state index is 12.4. The van der Waals surface area contributed by atoms with E-state index in [1.807, 2.05) is 36.1 Å². The standard InChI is InChI=1S/C16H25N3O/c1-13-3-5-15(6-4-13)16(20)19-9-7-18(8-10-19)12-14(2)11-17/h3-6,14H,7-12,17H2,1-2H3. The fourth-order valence-corrected chi connectivity index (χ4v) is 2.53. The third kappa shape index (κ3) is 3.81. The highest BCUT2D eigenvalue weighted by Gasteiger charge is 2.22. The molecular weight excluding hydrogens is 250 g/mol. The number of carbonyl (C=O) groups is 1. The molecule has 1 amide bonds. The Labute approximate surface area is 121 Å². The Morgan fingerprint density at radius 3 is 2.35 bits per heavy atom. The average Bonchev–Trinajstić information content (AvgIpc) is 2.48. The van der Waals surface area contributed by atoms with Gasteiger partial charge in [0.1, 0.15) is 0 Å². The van der Waals surface area contributed by atoms with Gasteiger partial charge < -0.3 is 10.6 Å². The van der Waals surface area contributed by atoms with Gasteiger partial charge in [0.2, 0.25) is 0 Å². The van der Waals surface area contributed by atoms with E-state index in [2.05, 4.69) is 11.8 Å². The second-order valence-corrected chi connectivity index (χ2v) is 5.80. The minimum atomic E-state index is 0.150. The Balaban J connectivity index is 1.87. The molecule has 1 saturated heterocycles. The minimum absolute atomic E-state index is 0.150. The zero-order valence-corrected chi connectivity index (χ0v) is 12.5. The number of hydrogen-bond donors (Lipinski definition) is 1. The fraction of sp³-hybridized carbons (Fsp3) is 0.562. The van der Waals surface area contributed by atoms with Crippen LogP contribution in [0.3, 0.4) is 0 Å². The molecule has 0 saturated carbocycles. The number of hydrogen-bond acceptors (Lipinski definition) is 3. The zero-order valence-electron chi connectivity index (χ0n) is 12.5.